The molecule has 0 aliphatic rings. The molecule has 0 radical (unpaired) electrons. The van der Waals surface area contributed by atoms with Crippen LogP contribution >= 0.6 is 0 Å². The van der Waals surface area contributed by atoms with Crippen molar-refractivity contribution in [2.24, 2.45) is 17.6 Å². The Hall–Kier alpha value is -1.67. The monoisotopic (exact) mass is 331 g/mol. The topological polar surface area (TPSA) is 142 Å². The van der Waals surface area contributed by atoms with Gasteiger partial charge in [0.1, 0.15) is 12.1 Å². The number of carboxylic acid groups (broad SMARTS) is 1. The lowest BCUT2D eigenvalue weighted by molar-refractivity contribution is -0.144. The predicted molar refractivity (Wildman–Crippen MR) is 85.4 cm³/mol. The first-order chi connectivity index (χ1) is 10.5. The lowest BCUT2D eigenvalue weighted by Gasteiger charge is -2.26. The quantitative estimate of drug-likeness (QED) is 0.384. The molecular weight excluding hydrogens is 302 g/mol. The molecule has 134 valence electrons. The molecule has 0 spiro atoms. The summed E-state index contributed by atoms with van der Waals surface area (Å²) in [7, 11) is 0. The molecule has 0 aliphatic heterocycles. The fraction of sp³-hybridized carbons (Fsp3) is 0.800. The number of hydrogen-bond acceptors (Lipinski definition) is 5. The van der Waals surface area contributed by atoms with Gasteiger partial charge < -0.3 is 26.6 Å². The summed E-state index contributed by atoms with van der Waals surface area (Å²) in [5, 5.41) is 23.6. The summed E-state index contributed by atoms with van der Waals surface area (Å²) in [4.78, 5) is 35.4. The van der Waals surface area contributed by atoms with Crippen molar-refractivity contribution >= 4 is 17.8 Å². The third-order valence-corrected chi connectivity index (χ3v) is 3.85. The Morgan fingerprint density at radius 3 is 1.83 bits per heavy atom. The van der Waals surface area contributed by atoms with Gasteiger partial charge in [0, 0.05) is 0 Å². The molecule has 0 fully saturated rings. The first-order valence-corrected chi connectivity index (χ1v) is 7.80. The van der Waals surface area contributed by atoms with E-state index in [1.54, 1.807) is 20.8 Å². The van der Waals surface area contributed by atoms with Crippen molar-refractivity contribution < 1.29 is 24.6 Å². The van der Waals surface area contributed by atoms with Crippen LogP contribution in [0.25, 0.3) is 0 Å². The fourth-order valence-corrected chi connectivity index (χ4v) is 1.92. The van der Waals surface area contributed by atoms with E-state index in [1.165, 1.54) is 6.92 Å². The number of rotatable bonds is 9. The van der Waals surface area contributed by atoms with Gasteiger partial charge in [-0.15, -0.1) is 0 Å². The minimum Gasteiger partial charge on any atom is -0.480 e. The molecular formula is C15H29N3O5. The number of carboxylic acids is 1. The summed E-state index contributed by atoms with van der Waals surface area (Å²) < 4.78 is 0. The number of nitrogens with one attached hydrogen (secondary N) is 2. The first kappa shape index (κ1) is 21.3. The predicted octanol–water partition coefficient (Wildman–Crippen LogP) is -0.549. The van der Waals surface area contributed by atoms with Gasteiger partial charge in [-0.1, -0.05) is 34.1 Å². The van der Waals surface area contributed by atoms with E-state index in [9.17, 15) is 19.5 Å². The maximum Gasteiger partial charge on any atom is 0.326 e. The second-order valence-electron chi connectivity index (χ2n) is 6.21. The van der Waals surface area contributed by atoms with Gasteiger partial charge in [0.15, 0.2) is 0 Å². The molecule has 5 unspecified atom stereocenters. The molecule has 6 N–H and O–H groups in total. The first-order valence-electron chi connectivity index (χ1n) is 7.80. The van der Waals surface area contributed by atoms with E-state index in [-0.39, 0.29) is 11.8 Å². The molecule has 8 heteroatoms. The van der Waals surface area contributed by atoms with Crippen LogP contribution in [0.4, 0.5) is 0 Å². The number of nitrogens with two attached hydrogens (primary N) is 1. The van der Waals surface area contributed by atoms with Gasteiger partial charge in [-0.2, -0.15) is 0 Å². The van der Waals surface area contributed by atoms with Gasteiger partial charge in [0.05, 0.1) is 12.1 Å². The van der Waals surface area contributed by atoms with Crippen LogP contribution in [0, 0.1) is 11.8 Å². The molecule has 0 aliphatic carbocycles. The van der Waals surface area contributed by atoms with Crippen molar-refractivity contribution in [3.05, 3.63) is 0 Å². The standard InChI is InChI=1S/C15H29N3O5/c1-6-8(4)10(16)13(20)18-12(9(5)19)14(21)17-11(7(2)3)15(22)23/h7-12,19H,6,16H2,1-5H3,(H,17,21)(H,18,20)(H,22,23). The second-order valence-corrected chi connectivity index (χ2v) is 6.21. The second kappa shape index (κ2) is 9.46. The van der Waals surface area contributed by atoms with Crippen molar-refractivity contribution in [1.29, 1.82) is 0 Å². The number of carbonyl (C=O) groups excluding carboxylic acids is 2. The van der Waals surface area contributed by atoms with E-state index in [0.29, 0.717) is 6.42 Å². The normalized spacial score (nSPS) is 17.7. The summed E-state index contributed by atoms with van der Waals surface area (Å²) >= 11 is 0. The molecule has 23 heavy (non-hydrogen) atoms. The minimum atomic E-state index is -1.27. The zero-order valence-electron chi connectivity index (χ0n) is 14.4. The number of amides is 2. The van der Waals surface area contributed by atoms with Crippen molar-refractivity contribution in [3.63, 3.8) is 0 Å². The maximum atomic E-state index is 12.2. The smallest absolute Gasteiger partial charge is 0.326 e. The van der Waals surface area contributed by atoms with E-state index in [0.717, 1.165) is 0 Å². The lowest BCUT2D eigenvalue weighted by Crippen LogP contribution is -2.59. The van der Waals surface area contributed by atoms with E-state index in [1.807, 2.05) is 6.92 Å². The van der Waals surface area contributed by atoms with Gasteiger partial charge in [-0.05, 0) is 18.8 Å². The molecule has 0 aromatic rings. The highest BCUT2D eigenvalue weighted by molar-refractivity contribution is 5.92. The number of aliphatic hydroxyl groups excluding tert-OH is 1. The zero-order valence-corrected chi connectivity index (χ0v) is 14.4. The van der Waals surface area contributed by atoms with E-state index < -0.39 is 42.0 Å². The van der Waals surface area contributed by atoms with Crippen LogP contribution in [-0.4, -0.2) is 52.2 Å². The van der Waals surface area contributed by atoms with E-state index >= 15 is 0 Å². The molecule has 0 rings (SSSR count). The summed E-state index contributed by atoms with van der Waals surface area (Å²) in [6, 6.07) is -3.18. The molecule has 0 heterocycles. The fourth-order valence-electron chi connectivity index (χ4n) is 1.92. The van der Waals surface area contributed by atoms with E-state index in [2.05, 4.69) is 10.6 Å². The molecule has 5 atom stereocenters. The number of carbonyl (C=O) groups is 3. The molecule has 0 saturated heterocycles. The summed E-state index contributed by atoms with van der Waals surface area (Å²) in [5.41, 5.74) is 5.80. The van der Waals surface area contributed by atoms with Gasteiger partial charge in [0.2, 0.25) is 11.8 Å². The Balaban J connectivity index is 5.01. The molecule has 2 amide bonds. The van der Waals surface area contributed by atoms with Gasteiger partial charge in [-0.3, -0.25) is 9.59 Å². The van der Waals surface area contributed by atoms with Gasteiger partial charge >= 0.3 is 5.97 Å². The molecule has 8 nitrogen and oxygen atoms in total. The minimum absolute atomic E-state index is 0.0878. The van der Waals surface area contributed by atoms with Crippen LogP contribution in [0.5, 0.6) is 0 Å². The third kappa shape index (κ3) is 6.54. The van der Waals surface area contributed by atoms with Crippen LogP contribution in [0.3, 0.4) is 0 Å². The third-order valence-electron chi connectivity index (χ3n) is 3.85. The zero-order chi connectivity index (χ0) is 18.3. The Labute approximate surface area is 136 Å². The average molecular weight is 331 g/mol. The van der Waals surface area contributed by atoms with Crippen LogP contribution < -0.4 is 16.4 Å². The SMILES string of the molecule is CCC(C)C(N)C(=O)NC(C(=O)NC(C(=O)O)C(C)C)C(C)O. The number of aliphatic hydroxyl groups is 1. The average Bonchev–Trinajstić information content (AvgIpc) is 2.46. The highest BCUT2D eigenvalue weighted by Gasteiger charge is 2.32. The number of aliphatic carboxylic acids is 1. The van der Waals surface area contributed by atoms with E-state index in [4.69, 9.17) is 10.8 Å². The van der Waals surface area contributed by atoms with Crippen LogP contribution in [0.2, 0.25) is 0 Å². The highest BCUT2D eigenvalue weighted by Crippen LogP contribution is 2.07. The Morgan fingerprint density at radius 2 is 1.48 bits per heavy atom. The van der Waals surface area contributed by atoms with Gasteiger partial charge in [0.25, 0.3) is 0 Å². The van der Waals surface area contributed by atoms with Crippen LogP contribution in [-0.2, 0) is 14.4 Å². The van der Waals surface area contributed by atoms with Crippen LogP contribution in [0.1, 0.15) is 41.0 Å². The molecule has 0 saturated carbocycles. The van der Waals surface area contributed by atoms with Crippen molar-refractivity contribution in [2.45, 2.75) is 65.3 Å². The highest BCUT2D eigenvalue weighted by atomic mass is 16.4. The Morgan fingerprint density at radius 1 is 1.00 bits per heavy atom. The van der Waals surface area contributed by atoms with Crippen molar-refractivity contribution in [1.82, 2.24) is 10.6 Å². The molecule has 0 aromatic carbocycles. The van der Waals surface area contributed by atoms with Crippen molar-refractivity contribution in [3.8, 4) is 0 Å². The molecule has 0 aromatic heterocycles. The number of hydrogen-bond donors (Lipinski definition) is 5. The Kier molecular flexibility index (Phi) is 8.78. The lowest BCUT2D eigenvalue weighted by atomic mass is 9.98. The Bertz CT molecular complexity index is 425. The summed E-state index contributed by atoms with van der Waals surface area (Å²) in [6.45, 7) is 8.32. The van der Waals surface area contributed by atoms with Gasteiger partial charge in [-0.25, -0.2) is 4.79 Å². The summed E-state index contributed by atoms with van der Waals surface area (Å²) in [5.74, 6) is -2.93. The summed E-state index contributed by atoms with van der Waals surface area (Å²) in [6.07, 6.45) is -0.501. The molecule has 0 bridgehead atoms. The maximum absolute atomic E-state index is 12.2. The van der Waals surface area contributed by atoms with Crippen molar-refractivity contribution in [2.75, 3.05) is 0 Å². The largest absolute Gasteiger partial charge is 0.480 e. The van der Waals surface area contributed by atoms with Crippen LogP contribution in [0.15, 0.2) is 0 Å².